The van der Waals surface area contributed by atoms with Crippen LogP contribution in [-0.4, -0.2) is 67.0 Å². The molecule has 1 aliphatic rings. The second-order valence-corrected chi connectivity index (χ2v) is 10.5. The van der Waals surface area contributed by atoms with Gasteiger partial charge in [0.15, 0.2) is 4.80 Å². The van der Waals surface area contributed by atoms with Crippen molar-refractivity contribution in [3.63, 3.8) is 0 Å². The number of carbonyl (C=O) groups excluding carboxylic acids is 2. The summed E-state index contributed by atoms with van der Waals surface area (Å²) in [6, 6.07) is 10.2. The number of aryl methyl sites for hydroxylation is 1. The van der Waals surface area contributed by atoms with Crippen LogP contribution in [0.2, 0.25) is 0 Å². The van der Waals surface area contributed by atoms with Gasteiger partial charge in [0.1, 0.15) is 5.82 Å². The molecule has 0 spiro atoms. The molecule has 2 amide bonds. The summed E-state index contributed by atoms with van der Waals surface area (Å²) in [4.78, 5) is 30.4. The molecule has 4 rings (SSSR count). The van der Waals surface area contributed by atoms with Crippen LogP contribution in [-0.2, 0) is 21.8 Å². The van der Waals surface area contributed by atoms with Crippen molar-refractivity contribution in [1.29, 1.82) is 0 Å². The summed E-state index contributed by atoms with van der Waals surface area (Å²) < 4.78 is 48.5. The fourth-order valence-corrected chi connectivity index (χ4v) is 6.11. The van der Waals surface area contributed by atoms with Gasteiger partial charge in [-0.25, -0.2) is 17.6 Å². The van der Waals surface area contributed by atoms with Crippen LogP contribution in [0.5, 0.6) is 0 Å². The molecule has 2 aromatic carbocycles. The van der Waals surface area contributed by atoms with Crippen LogP contribution in [0.25, 0.3) is 10.2 Å². The number of hydrogen-bond acceptors (Lipinski definition) is 6. The van der Waals surface area contributed by atoms with Gasteiger partial charge in [0, 0.05) is 38.8 Å². The third-order valence-corrected chi connectivity index (χ3v) is 8.48. The molecule has 180 valence electrons. The Labute approximate surface area is 199 Å². The number of amides is 2. The van der Waals surface area contributed by atoms with E-state index in [2.05, 4.69) is 4.99 Å². The maximum atomic E-state index is 14.1. The maximum Gasteiger partial charge on any atom is 0.409 e. The van der Waals surface area contributed by atoms with Gasteiger partial charge in [-0.2, -0.15) is 9.30 Å². The van der Waals surface area contributed by atoms with Crippen LogP contribution < -0.4 is 4.80 Å². The van der Waals surface area contributed by atoms with E-state index in [9.17, 15) is 22.4 Å². The zero-order valence-corrected chi connectivity index (χ0v) is 20.2. The lowest BCUT2D eigenvalue weighted by atomic mass is 10.2. The topological polar surface area (TPSA) is 101 Å². The van der Waals surface area contributed by atoms with Gasteiger partial charge in [0.2, 0.25) is 10.0 Å². The monoisotopic (exact) mass is 506 g/mol. The molecule has 1 saturated heterocycles. The van der Waals surface area contributed by atoms with Gasteiger partial charge in [-0.3, -0.25) is 4.79 Å². The molecular weight excluding hydrogens is 483 g/mol. The molecule has 9 nitrogen and oxygen atoms in total. The highest BCUT2D eigenvalue weighted by Gasteiger charge is 2.30. The minimum atomic E-state index is -3.78. The highest BCUT2D eigenvalue weighted by atomic mass is 32.2. The number of aromatic nitrogens is 1. The summed E-state index contributed by atoms with van der Waals surface area (Å²) >= 11 is 1.19. The van der Waals surface area contributed by atoms with Crippen LogP contribution in [0.4, 0.5) is 9.18 Å². The Morgan fingerprint density at radius 3 is 2.38 bits per heavy atom. The predicted octanol–water partition coefficient (Wildman–Crippen LogP) is 2.58. The number of carbonyl (C=O) groups is 2. The second kappa shape index (κ2) is 9.65. The summed E-state index contributed by atoms with van der Waals surface area (Å²) in [6.45, 7) is 2.74. The molecule has 0 unspecified atom stereocenters. The number of thiazole rings is 1. The summed E-state index contributed by atoms with van der Waals surface area (Å²) in [5.41, 5.74) is 0.576. The number of rotatable bonds is 4. The van der Waals surface area contributed by atoms with Crippen LogP contribution in [0.15, 0.2) is 52.4 Å². The van der Waals surface area contributed by atoms with E-state index in [0.717, 1.165) is 0 Å². The van der Waals surface area contributed by atoms with E-state index in [1.807, 2.05) is 0 Å². The molecule has 0 bridgehead atoms. The molecule has 1 aliphatic heterocycles. The normalized spacial score (nSPS) is 15.6. The minimum absolute atomic E-state index is 0.0446. The number of para-hydroxylation sites is 1. The zero-order valence-electron chi connectivity index (χ0n) is 18.6. The summed E-state index contributed by atoms with van der Waals surface area (Å²) in [5, 5.41) is 0. The van der Waals surface area contributed by atoms with Gasteiger partial charge in [-0.15, -0.1) is 0 Å². The quantitative estimate of drug-likeness (QED) is 0.541. The summed E-state index contributed by atoms with van der Waals surface area (Å²) in [6.07, 6.45) is -0.457. The summed E-state index contributed by atoms with van der Waals surface area (Å²) in [7, 11) is -2.15. The van der Waals surface area contributed by atoms with Crippen molar-refractivity contribution in [2.24, 2.45) is 12.0 Å². The number of fused-ring (bicyclic) bond motifs is 1. The molecule has 0 N–H and O–H groups in total. The van der Waals surface area contributed by atoms with E-state index in [4.69, 9.17) is 4.74 Å². The Hall–Kier alpha value is -3.09. The first-order valence-corrected chi connectivity index (χ1v) is 12.8. The lowest BCUT2D eigenvalue weighted by molar-refractivity contribution is 0.0933. The Bertz CT molecular complexity index is 1410. The lowest BCUT2D eigenvalue weighted by Gasteiger charge is -2.33. The predicted molar refractivity (Wildman–Crippen MR) is 124 cm³/mol. The number of nitrogens with zero attached hydrogens (tertiary/aromatic N) is 4. The van der Waals surface area contributed by atoms with E-state index in [1.165, 1.54) is 55.4 Å². The molecule has 2 heterocycles. The second-order valence-electron chi connectivity index (χ2n) is 7.56. The molecule has 0 aliphatic carbocycles. The number of hydrogen-bond donors (Lipinski definition) is 0. The Balaban J connectivity index is 1.50. The van der Waals surface area contributed by atoms with Gasteiger partial charge in [0.05, 0.1) is 21.7 Å². The van der Waals surface area contributed by atoms with E-state index in [1.54, 1.807) is 26.1 Å². The standard InChI is InChI=1S/C22H23FN4O5S2/c1-3-32-22(29)26-11-13-27(14-12-26)34(30,31)16-9-7-15(8-10-16)20(28)24-21-25(2)19-17(23)5-4-6-18(19)33-21/h4-10H,3,11-14H2,1-2H3. The lowest BCUT2D eigenvalue weighted by Crippen LogP contribution is -2.50. The Morgan fingerprint density at radius 2 is 1.76 bits per heavy atom. The average Bonchev–Trinajstić information content (AvgIpc) is 3.15. The van der Waals surface area contributed by atoms with Gasteiger partial charge >= 0.3 is 6.09 Å². The molecule has 1 fully saturated rings. The number of ether oxygens (including phenoxy) is 1. The molecule has 3 aromatic rings. The van der Waals surface area contributed by atoms with E-state index in [-0.39, 0.29) is 43.2 Å². The average molecular weight is 507 g/mol. The van der Waals surface area contributed by atoms with Gasteiger partial charge in [-0.05, 0) is 43.3 Å². The molecule has 0 atom stereocenters. The molecule has 0 saturated carbocycles. The van der Waals surface area contributed by atoms with Crippen molar-refractivity contribution in [3.8, 4) is 0 Å². The van der Waals surface area contributed by atoms with Crippen LogP contribution in [0.1, 0.15) is 17.3 Å². The number of sulfonamides is 1. The molecule has 0 radical (unpaired) electrons. The molecular formula is C22H23FN4O5S2. The van der Waals surface area contributed by atoms with Crippen molar-refractivity contribution < 1.29 is 27.1 Å². The SMILES string of the molecule is CCOC(=O)N1CCN(S(=O)(=O)c2ccc(C(=O)N=c3sc4cccc(F)c4n3C)cc2)CC1. The van der Waals surface area contributed by atoms with Crippen molar-refractivity contribution in [3.05, 3.63) is 58.6 Å². The molecule has 1 aromatic heterocycles. The smallest absolute Gasteiger partial charge is 0.409 e. The van der Waals surface area contributed by atoms with Gasteiger partial charge in [0.25, 0.3) is 5.91 Å². The minimum Gasteiger partial charge on any atom is -0.450 e. The van der Waals surface area contributed by atoms with E-state index in [0.29, 0.717) is 15.0 Å². The van der Waals surface area contributed by atoms with Gasteiger partial charge < -0.3 is 14.2 Å². The van der Waals surface area contributed by atoms with E-state index >= 15 is 0 Å². The van der Waals surface area contributed by atoms with Gasteiger partial charge in [-0.1, -0.05) is 17.4 Å². The largest absolute Gasteiger partial charge is 0.450 e. The van der Waals surface area contributed by atoms with Crippen LogP contribution in [0, 0.1) is 5.82 Å². The van der Waals surface area contributed by atoms with Crippen LogP contribution in [0.3, 0.4) is 0 Å². The van der Waals surface area contributed by atoms with Crippen molar-refractivity contribution in [1.82, 2.24) is 13.8 Å². The Morgan fingerprint density at radius 1 is 1.09 bits per heavy atom. The Kier molecular flexibility index (Phi) is 6.82. The van der Waals surface area contributed by atoms with Crippen LogP contribution >= 0.6 is 11.3 Å². The fourth-order valence-electron chi connectivity index (χ4n) is 3.66. The van der Waals surface area contributed by atoms with Crippen molar-refractivity contribution in [2.75, 3.05) is 32.8 Å². The first kappa shape index (κ1) is 24.0. The number of benzene rings is 2. The third kappa shape index (κ3) is 4.61. The zero-order chi connectivity index (χ0) is 24.5. The summed E-state index contributed by atoms with van der Waals surface area (Å²) in [5.74, 6) is -0.961. The number of halogens is 1. The first-order valence-electron chi connectivity index (χ1n) is 10.6. The molecule has 34 heavy (non-hydrogen) atoms. The highest BCUT2D eigenvalue weighted by Crippen LogP contribution is 2.21. The maximum absolute atomic E-state index is 14.1. The number of piperazine rings is 1. The van der Waals surface area contributed by atoms with Crippen molar-refractivity contribution >= 4 is 43.6 Å². The van der Waals surface area contributed by atoms with Crippen molar-refractivity contribution in [2.45, 2.75) is 11.8 Å². The van der Waals surface area contributed by atoms with E-state index < -0.39 is 27.8 Å². The molecule has 12 heteroatoms. The first-order chi connectivity index (χ1) is 16.2. The fraction of sp³-hybridized carbons (Fsp3) is 0.318. The highest BCUT2D eigenvalue weighted by molar-refractivity contribution is 7.89. The third-order valence-electron chi connectivity index (χ3n) is 5.47.